The van der Waals surface area contributed by atoms with Crippen LogP contribution in [0.5, 0.6) is 0 Å². The van der Waals surface area contributed by atoms with E-state index in [9.17, 15) is 5.11 Å². The molecule has 1 aromatic carbocycles. The van der Waals surface area contributed by atoms with E-state index in [1.165, 1.54) is 11.3 Å². The number of hydrogen-bond acceptors (Lipinski definition) is 2. The zero-order valence-electron chi connectivity index (χ0n) is 8.79. The molecule has 2 rings (SSSR count). The third-order valence-corrected chi connectivity index (χ3v) is 5.06. The molecule has 0 radical (unpaired) electrons. The van der Waals surface area contributed by atoms with Gasteiger partial charge in [0.05, 0.1) is 5.60 Å². The summed E-state index contributed by atoms with van der Waals surface area (Å²) in [6.45, 7) is 2.06. The van der Waals surface area contributed by atoms with Crippen LogP contribution in [0.3, 0.4) is 0 Å². The van der Waals surface area contributed by atoms with Gasteiger partial charge in [0.1, 0.15) is 0 Å². The Morgan fingerprint density at radius 2 is 2.27 bits per heavy atom. The Morgan fingerprint density at radius 1 is 1.47 bits per heavy atom. The number of benzene rings is 1. The summed E-state index contributed by atoms with van der Waals surface area (Å²) in [7, 11) is 0. The van der Waals surface area contributed by atoms with Gasteiger partial charge in [-0.1, -0.05) is 28.1 Å². The lowest BCUT2D eigenvalue weighted by atomic mass is 9.90. The molecule has 0 bridgehead atoms. The Balaban J connectivity index is 2.31. The maximum atomic E-state index is 10.5. The van der Waals surface area contributed by atoms with Crippen molar-refractivity contribution in [2.24, 2.45) is 0 Å². The van der Waals surface area contributed by atoms with Crippen LogP contribution in [0, 0.1) is 6.92 Å². The molecular formula is C12H15BrOS. The first-order chi connectivity index (χ1) is 7.12. The number of hydrogen-bond donors (Lipinski definition) is 1. The molecule has 1 heterocycles. The molecule has 1 aromatic rings. The molecular weight excluding hydrogens is 272 g/mol. The average Bonchev–Trinajstić information content (AvgIpc) is 2.23. The summed E-state index contributed by atoms with van der Waals surface area (Å²) < 4.78 is 1.11. The third-order valence-electron chi connectivity index (χ3n) is 2.92. The number of halogens is 1. The van der Waals surface area contributed by atoms with Crippen molar-refractivity contribution < 1.29 is 5.11 Å². The van der Waals surface area contributed by atoms with Gasteiger partial charge in [-0.25, -0.2) is 0 Å². The van der Waals surface area contributed by atoms with E-state index in [4.69, 9.17) is 0 Å². The summed E-state index contributed by atoms with van der Waals surface area (Å²) in [4.78, 5) is 0. The molecule has 3 heteroatoms. The molecule has 0 saturated carbocycles. The molecule has 82 valence electrons. The first-order valence-electron chi connectivity index (χ1n) is 5.19. The van der Waals surface area contributed by atoms with Gasteiger partial charge in [0, 0.05) is 10.2 Å². The number of aryl methyl sites for hydroxylation is 1. The van der Waals surface area contributed by atoms with Gasteiger partial charge in [-0.3, -0.25) is 0 Å². The molecule has 1 N–H and O–H groups in total. The van der Waals surface area contributed by atoms with Crippen LogP contribution in [0.1, 0.15) is 24.0 Å². The number of rotatable bonds is 1. The Morgan fingerprint density at radius 3 is 2.87 bits per heavy atom. The van der Waals surface area contributed by atoms with Crippen molar-refractivity contribution in [3.8, 4) is 0 Å². The van der Waals surface area contributed by atoms with E-state index in [0.717, 1.165) is 28.6 Å². The summed E-state index contributed by atoms with van der Waals surface area (Å²) in [6, 6.07) is 6.15. The molecule has 0 aliphatic carbocycles. The summed E-state index contributed by atoms with van der Waals surface area (Å²) in [5.74, 6) is 2.01. The average molecular weight is 287 g/mol. The Hall–Kier alpha value is 0.01000. The van der Waals surface area contributed by atoms with Crippen LogP contribution in [-0.4, -0.2) is 16.6 Å². The quantitative estimate of drug-likeness (QED) is 0.853. The van der Waals surface area contributed by atoms with Gasteiger partial charge in [0.25, 0.3) is 0 Å². The van der Waals surface area contributed by atoms with Crippen molar-refractivity contribution in [3.63, 3.8) is 0 Å². The molecule has 0 aromatic heterocycles. The SMILES string of the molecule is Cc1cc(C2(O)CCCSC2)ccc1Br. The predicted molar refractivity (Wildman–Crippen MR) is 69.3 cm³/mol. The second-order valence-electron chi connectivity index (χ2n) is 4.15. The molecule has 1 nitrogen and oxygen atoms in total. The highest BCUT2D eigenvalue weighted by molar-refractivity contribution is 9.10. The van der Waals surface area contributed by atoms with E-state index in [2.05, 4.69) is 28.9 Å². The molecule has 1 unspecified atom stereocenters. The van der Waals surface area contributed by atoms with Crippen LogP contribution >= 0.6 is 27.7 Å². The number of aliphatic hydroxyl groups is 1. The highest BCUT2D eigenvalue weighted by atomic mass is 79.9. The molecule has 1 saturated heterocycles. The Kier molecular flexibility index (Phi) is 3.43. The molecule has 1 fully saturated rings. The predicted octanol–water partition coefficient (Wildman–Crippen LogP) is 3.47. The third kappa shape index (κ3) is 2.40. The Labute approximate surface area is 103 Å². The fourth-order valence-electron chi connectivity index (χ4n) is 1.94. The van der Waals surface area contributed by atoms with Crippen molar-refractivity contribution in [2.45, 2.75) is 25.4 Å². The summed E-state index contributed by atoms with van der Waals surface area (Å²) in [5, 5.41) is 10.5. The minimum atomic E-state index is -0.603. The molecule has 1 atom stereocenters. The minimum Gasteiger partial charge on any atom is -0.384 e. The minimum absolute atomic E-state index is 0.603. The van der Waals surface area contributed by atoms with Gasteiger partial charge in [0.15, 0.2) is 0 Å². The summed E-state index contributed by atoms with van der Waals surface area (Å²) in [5.41, 5.74) is 1.65. The second kappa shape index (κ2) is 4.48. The van der Waals surface area contributed by atoms with E-state index < -0.39 is 5.60 Å². The molecule has 15 heavy (non-hydrogen) atoms. The van der Waals surface area contributed by atoms with Gasteiger partial charge in [-0.2, -0.15) is 11.8 Å². The monoisotopic (exact) mass is 286 g/mol. The van der Waals surface area contributed by atoms with Crippen molar-refractivity contribution in [3.05, 3.63) is 33.8 Å². The van der Waals surface area contributed by atoms with Crippen LogP contribution in [-0.2, 0) is 5.60 Å². The Bertz CT molecular complexity index is 359. The van der Waals surface area contributed by atoms with E-state index in [-0.39, 0.29) is 0 Å². The van der Waals surface area contributed by atoms with E-state index in [0.29, 0.717) is 0 Å². The molecule has 0 amide bonds. The second-order valence-corrected chi connectivity index (χ2v) is 6.11. The van der Waals surface area contributed by atoms with Crippen molar-refractivity contribution in [1.82, 2.24) is 0 Å². The topological polar surface area (TPSA) is 20.2 Å². The summed E-state index contributed by atoms with van der Waals surface area (Å²) in [6.07, 6.45) is 2.00. The number of thioether (sulfide) groups is 1. The zero-order valence-corrected chi connectivity index (χ0v) is 11.2. The van der Waals surface area contributed by atoms with Crippen LogP contribution in [0.25, 0.3) is 0 Å². The fraction of sp³-hybridized carbons (Fsp3) is 0.500. The van der Waals surface area contributed by atoms with Crippen LogP contribution in [0.15, 0.2) is 22.7 Å². The molecule has 1 aliphatic heterocycles. The van der Waals surface area contributed by atoms with Crippen LogP contribution in [0.2, 0.25) is 0 Å². The first-order valence-corrected chi connectivity index (χ1v) is 7.13. The highest BCUT2D eigenvalue weighted by Gasteiger charge is 2.31. The van der Waals surface area contributed by atoms with Gasteiger partial charge in [-0.05, 0) is 42.7 Å². The first kappa shape index (κ1) is 11.5. The summed E-state index contributed by atoms with van der Waals surface area (Å²) >= 11 is 5.33. The van der Waals surface area contributed by atoms with E-state index >= 15 is 0 Å². The van der Waals surface area contributed by atoms with E-state index in [1.54, 1.807) is 0 Å². The largest absolute Gasteiger partial charge is 0.384 e. The smallest absolute Gasteiger partial charge is 0.0986 e. The lowest BCUT2D eigenvalue weighted by Gasteiger charge is -2.32. The standard InChI is InChI=1S/C12H15BrOS/c1-9-7-10(3-4-11(9)13)12(14)5-2-6-15-8-12/h3-4,7,14H,2,5-6,8H2,1H3. The van der Waals surface area contributed by atoms with Crippen LogP contribution in [0.4, 0.5) is 0 Å². The van der Waals surface area contributed by atoms with Gasteiger partial charge >= 0.3 is 0 Å². The van der Waals surface area contributed by atoms with Crippen molar-refractivity contribution in [1.29, 1.82) is 0 Å². The van der Waals surface area contributed by atoms with Gasteiger partial charge in [0.2, 0.25) is 0 Å². The van der Waals surface area contributed by atoms with Crippen LogP contribution < -0.4 is 0 Å². The van der Waals surface area contributed by atoms with Crippen molar-refractivity contribution >= 4 is 27.7 Å². The molecule has 1 aliphatic rings. The van der Waals surface area contributed by atoms with Crippen molar-refractivity contribution in [2.75, 3.05) is 11.5 Å². The van der Waals surface area contributed by atoms with Gasteiger partial charge < -0.3 is 5.11 Å². The zero-order chi connectivity index (χ0) is 10.9. The fourth-order valence-corrected chi connectivity index (χ4v) is 3.33. The van der Waals surface area contributed by atoms with Gasteiger partial charge in [-0.15, -0.1) is 0 Å². The molecule has 0 spiro atoms. The lowest BCUT2D eigenvalue weighted by Crippen LogP contribution is -2.31. The van der Waals surface area contributed by atoms with E-state index in [1.807, 2.05) is 23.9 Å². The lowest BCUT2D eigenvalue weighted by molar-refractivity contribution is 0.0495. The highest BCUT2D eigenvalue weighted by Crippen LogP contribution is 2.36. The maximum absolute atomic E-state index is 10.5. The normalized spacial score (nSPS) is 26.6. The maximum Gasteiger partial charge on any atom is 0.0986 e.